The van der Waals surface area contributed by atoms with Crippen LogP contribution < -0.4 is 0 Å². The highest BCUT2D eigenvalue weighted by atomic mass is 16.5. The van der Waals surface area contributed by atoms with E-state index in [1.807, 2.05) is 0 Å². The predicted molar refractivity (Wildman–Crippen MR) is 69.6 cm³/mol. The molecule has 1 aromatic heterocycles. The molecule has 2 heterocycles. The largest absolute Gasteiger partial charge is 0.492 e. The van der Waals surface area contributed by atoms with Gasteiger partial charge in [-0.25, -0.2) is 0 Å². The molecule has 0 spiro atoms. The summed E-state index contributed by atoms with van der Waals surface area (Å²) in [6.07, 6.45) is 1.75. The lowest BCUT2D eigenvalue weighted by molar-refractivity contribution is -0.0440. The number of ether oxygens (including phenoxy) is 1. The zero-order chi connectivity index (χ0) is 13.1. The van der Waals surface area contributed by atoms with E-state index >= 15 is 0 Å². The lowest BCUT2D eigenvalue weighted by Crippen LogP contribution is -2.42. The number of aryl methyl sites for hydroxylation is 1. The topological polar surface area (TPSA) is 61.4 Å². The SMILES string of the molecule is CCCc1[nH]c(C2CN(C(C)C)CCO2)nc1O. The third-order valence-electron chi connectivity index (χ3n) is 3.41. The quantitative estimate of drug-likeness (QED) is 0.859. The molecule has 18 heavy (non-hydrogen) atoms. The zero-order valence-corrected chi connectivity index (χ0v) is 11.4. The molecule has 0 aromatic carbocycles. The van der Waals surface area contributed by atoms with Crippen LogP contribution in [0.1, 0.15) is 44.8 Å². The Morgan fingerprint density at radius 2 is 2.33 bits per heavy atom. The Morgan fingerprint density at radius 3 is 3.00 bits per heavy atom. The van der Waals surface area contributed by atoms with Crippen LogP contribution in [0.4, 0.5) is 0 Å². The summed E-state index contributed by atoms with van der Waals surface area (Å²) in [7, 11) is 0. The van der Waals surface area contributed by atoms with E-state index < -0.39 is 0 Å². The molecular weight excluding hydrogens is 230 g/mol. The van der Waals surface area contributed by atoms with Crippen molar-refractivity contribution in [1.82, 2.24) is 14.9 Å². The monoisotopic (exact) mass is 253 g/mol. The smallest absolute Gasteiger partial charge is 0.232 e. The van der Waals surface area contributed by atoms with Crippen molar-refractivity contribution >= 4 is 0 Å². The van der Waals surface area contributed by atoms with Crippen LogP contribution in [0.5, 0.6) is 5.88 Å². The van der Waals surface area contributed by atoms with Crippen molar-refractivity contribution in [3.63, 3.8) is 0 Å². The number of hydrogen-bond donors (Lipinski definition) is 2. The number of hydrogen-bond acceptors (Lipinski definition) is 4. The van der Waals surface area contributed by atoms with Gasteiger partial charge in [0, 0.05) is 19.1 Å². The van der Waals surface area contributed by atoms with Gasteiger partial charge in [0.05, 0.1) is 12.3 Å². The van der Waals surface area contributed by atoms with Crippen molar-refractivity contribution in [1.29, 1.82) is 0 Å². The maximum Gasteiger partial charge on any atom is 0.232 e. The van der Waals surface area contributed by atoms with Crippen molar-refractivity contribution in [3.8, 4) is 5.88 Å². The number of nitrogens with zero attached hydrogens (tertiary/aromatic N) is 2. The molecule has 0 aliphatic carbocycles. The molecule has 0 bridgehead atoms. The van der Waals surface area contributed by atoms with Gasteiger partial charge < -0.3 is 14.8 Å². The number of aromatic amines is 1. The van der Waals surface area contributed by atoms with Gasteiger partial charge >= 0.3 is 0 Å². The van der Waals surface area contributed by atoms with E-state index in [0.717, 1.165) is 37.4 Å². The average Bonchev–Trinajstić information content (AvgIpc) is 2.72. The van der Waals surface area contributed by atoms with E-state index in [0.29, 0.717) is 12.6 Å². The van der Waals surface area contributed by atoms with Gasteiger partial charge in [-0.15, -0.1) is 0 Å². The second-order valence-corrected chi connectivity index (χ2v) is 5.12. The summed E-state index contributed by atoms with van der Waals surface area (Å²) in [4.78, 5) is 9.76. The Kier molecular flexibility index (Phi) is 4.24. The summed E-state index contributed by atoms with van der Waals surface area (Å²) in [6.45, 7) is 8.96. The molecule has 5 nitrogen and oxygen atoms in total. The minimum Gasteiger partial charge on any atom is -0.492 e. The van der Waals surface area contributed by atoms with Gasteiger partial charge in [0.15, 0.2) is 0 Å². The standard InChI is InChI=1S/C13H23N3O2/c1-4-5-10-13(17)15-12(14-10)11-8-16(9(2)3)6-7-18-11/h9,11,17H,4-8H2,1-3H3,(H,14,15). The average molecular weight is 253 g/mol. The van der Waals surface area contributed by atoms with Crippen LogP contribution in [0, 0.1) is 0 Å². The predicted octanol–water partition coefficient (Wildman–Crippen LogP) is 1.85. The molecule has 5 heteroatoms. The molecule has 1 aliphatic rings. The number of imidazole rings is 1. The van der Waals surface area contributed by atoms with Crippen molar-refractivity contribution in [2.24, 2.45) is 0 Å². The van der Waals surface area contributed by atoms with Gasteiger partial charge in [-0.3, -0.25) is 4.90 Å². The van der Waals surface area contributed by atoms with E-state index in [9.17, 15) is 5.11 Å². The van der Waals surface area contributed by atoms with E-state index in [-0.39, 0.29) is 12.0 Å². The molecule has 0 amide bonds. The lowest BCUT2D eigenvalue weighted by Gasteiger charge is -2.34. The van der Waals surface area contributed by atoms with Crippen LogP contribution in [0.3, 0.4) is 0 Å². The van der Waals surface area contributed by atoms with Crippen molar-refractivity contribution in [3.05, 3.63) is 11.5 Å². The molecule has 1 fully saturated rings. The minimum absolute atomic E-state index is 0.0577. The van der Waals surface area contributed by atoms with Crippen LogP contribution in [-0.2, 0) is 11.2 Å². The van der Waals surface area contributed by atoms with Gasteiger partial charge in [-0.1, -0.05) is 13.3 Å². The summed E-state index contributed by atoms with van der Waals surface area (Å²) >= 11 is 0. The van der Waals surface area contributed by atoms with Crippen LogP contribution in [0.25, 0.3) is 0 Å². The van der Waals surface area contributed by atoms with E-state index in [4.69, 9.17) is 4.74 Å². The van der Waals surface area contributed by atoms with E-state index in [1.54, 1.807) is 0 Å². The van der Waals surface area contributed by atoms with Gasteiger partial charge in [-0.2, -0.15) is 4.98 Å². The van der Waals surface area contributed by atoms with Crippen LogP contribution >= 0.6 is 0 Å². The molecule has 2 rings (SSSR count). The third-order valence-corrected chi connectivity index (χ3v) is 3.41. The number of nitrogens with one attached hydrogen (secondary N) is 1. The summed E-state index contributed by atoms with van der Waals surface area (Å²) in [5, 5.41) is 9.76. The summed E-state index contributed by atoms with van der Waals surface area (Å²) in [5.74, 6) is 0.874. The first-order valence-electron chi connectivity index (χ1n) is 6.75. The van der Waals surface area contributed by atoms with Gasteiger partial charge in [0.2, 0.25) is 5.88 Å². The molecule has 1 atom stereocenters. The second-order valence-electron chi connectivity index (χ2n) is 5.12. The fourth-order valence-electron chi connectivity index (χ4n) is 2.30. The first kappa shape index (κ1) is 13.4. The molecule has 0 saturated carbocycles. The Balaban J connectivity index is 2.08. The van der Waals surface area contributed by atoms with Crippen LogP contribution in [-0.4, -0.2) is 45.7 Å². The van der Waals surface area contributed by atoms with Crippen LogP contribution in [0.2, 0.25) is 0 Å². The third kappa shape index (κ3) is 2.84. The van der Waals surface area contributed by atoms with Crippen molar-refractivity contribution in [2.45, 2.75) is 45.8 Å². The van der Waals surface area contributed by atoms with Crippen molar-refractivity contribution in [2.75, 3.05) is 19.7 Å². The Morgan fingerprint density at radius 1 is 1.56 bits per heavy atom. The second kappa shape index (κ2) is 5.71. The highest BCUT2D eigenvalue weighted by Gasteiger charge is 2.26. The number of rotatable bonds is 4. The number of morpholine rings is 1. The first-order chi connectivity index (χ1) is 8.61. The number of aromatic hydroxyl groups is 1. The maximum absolute atomic E-state index is 9.76. The fourth-order valence-corrected chi connectivity index (χ4v) is 2.30. The zero-order valence-electron chi connectivity index (χ0n) is 11.4. The highest BCUT2D eigenvalue weighted by molar-refractivity contribution is 5.20. The highest BCUT2D eigenvalue weighted by Crippen LogP contribution is 2.25. The fraction of sp³-hybridized carbons (Fsp3) is 0.769. The van der Waals surface area contributed by atoms with Crippen LogP contribution in [0.15, 0.2) is 0 Å². The maximum atomic E-state index is 9.76. The molecule has 1 saturated heterocycles. The van der Waals surface area contributed by atoms with Crippen molar-refractivity contribution < 1.29 is 9.84 Å². The Bertz CT molecular complexity index is 390. The number of aromatic nitrogens is 2. The molecule has 1 unspecified atom stereocenters. The molecule has 102 valence electrons. The first-order valence-corrected chi connectivity index (χ1v) is 6.75. The summed E-state index contributed by atoms with van der Waals surface area (Å²) in [5.41, 5.74) is 0.817. The normalized spacial score (nSPS) is 21.7. The van der Waals surface area contributed by atoms with Gasteiger partial charge in [0.1, 0.15) is 11.9 Å². The Hall–Kier alpha value is -1.07. The lowest BCUT2D eigenvalue weighted by atomic mass is 10.2. The van der Waals surface area contributed by atoms with Gasteiger partial charge in [-0.05, 0) is 20.3 Å². The molecule has 1 aromatic rings. The number of H-pyrrole nitrogens is 1. The molecule has 1 aliphatic heterocycles. The van der Waals surface area contributed by atoms with E-state index in [2.05, 4.69) is 35.6 Å². The Labute approximate surface area is 108 Å². The van der Waals surface area contributed by atoms with E-state index in [1.165, 1.54) is 0 Å². The van der Waals surface area contributed by atoms with Gasteiger partial charge in [0.25, 0.3) is 0 Å². The minimum atomic E-state index is -0.0577. The molecule has 0 radical (unpaired) electrons. The summed E-state index contributed by atoms with van der Waals surface area (Å²) in [6, 6.07) is 0.509. The summed E-state index contributed by atoms with van der Waals surface area (Å²) < 4.78 is 5.74. The molecular formula is C13H23N3O2. The molecule has 2 N–H and O–H groups in total.